The molecule has 1 aromatic rings. The molecule has 0 saturated carbocycles. The van der Waals surface area contributed by atoms with Gasteiger partial charge in [-0.1, -0.05) is 30.3 Å². The third kappa shape index (κ3) is 4.71. The second-order valence-corrected chi connectivity index (χ2v) is 6.09. The van der Waals surface area contributed by atoms with Crippen LogP contribution in [-0.2, 0) is 0 Å². The van der Waals surface area contributed by atoms with Crippen molar-refractivity contribution in [2.45, 2.75) is 31.9 Å². The quantitative estimate of drug-likeness (QED) is 0.843. The number of aliphatic hydroxyl groups excluding tert-OH is 1. The molecule has 0 radical (unpaired) electrons. The Kier molecular flexibility index (Phi) is 6.21. The van der Waals surface area contributed by atoms with Crippen LogP contribution in [0.3, 0.4) is 0 Å². The molecule has 0 spiro atoms. The van der Waals surface area contributed by atoms with Gasteiger partial charge in [0.15, 0.2) is 0 Å². The van der Waals surface area contributed by atoms with E-state index in [0.29, 0.717) is 13.1 Å². The molecule has 2 amide bonds. The van der Waals surface area contributed by atoms with Crippen molar-refractivity contribution in [1.82, 2.24) is 15.1 Å². The molecular formula is C17H27N3O2. The van der Waals surface area contributed by atoms with Gasteiger partial charge >= 0.3 is 6.03 Å². The molecule has 2 N–H and O–H groups in total. The van der Waals surface area contributed by atoms with Gasteiger partial charge in [0.05, 0.1) is 12.1 Å². The van der Waals surface area contributed by atoms with E-state index in [1.807, 2.05) is 18.2 Å². The SMILES string of the molecule is CC(O)CN(C)C(=O)NCC(c1ccccc1)N1CCCC1. The molecule has 0 aliphatic carbocycles. The fourth-order valence-corrected chi connectivity index (χ4v) is 2.98. The predicted molar refractivity (Wildman–Crippen MR) is 87.7 cm³/mol. The van der Waals surface area contributed by atoms with Gasteiger partial charge in [-0.2, -0.15) is 0 Å². The maximum atomic E-state index is 12.1. The molecule has 0 bridgehead atoms. The number of carbonyl (C=O) groups is 1. The van der Waals surface area contributed by atoms with Crippen LogP contribution in [0.4, 0.5) is 4.79 Å². The summed E-state index contributed by atoms with van der Waals surface area (Å²) in [6.45, 7) is 4.78. The Morgan fingerprint density at radius 3 is 2.55 bits per heavy atom. The van der Waals surface area contributed by atoms with Gasteiger partial charge in [-0.3, -0.25) is 4.90 Å². The Morgan fingerprint density at radius 2 is 1.95 bits per heavy atom. The first-order valence-electron chi connectivity index (χ1n) is 8.04. The average molecular weight is 305 g/mol. The van der Waals surface area contributed by atoms with E-state index < -0.39 is 6.10 Å². The van der Waals surface area contributed by atoms with Gasteiger partial charge in [0, 0.05) is 20.1 Å². The molecule has 2 unspecified atom stereocenters. The van der Waals surface area contributed by atoms with Gasteiger partial charge in [0.25, 0.3) is 0 Å². The van der Waals surface area contributed by atoms with E-state index in [1.165, 1.54) is 23.3 Å². The summed E-state index contributed by atoms with van der Waals surface area (Å²) in [5, 5.41) is 12.4. The fourth-order valence-electron chi connectivity index (χ4n) is 2.98. The predicted octanol–water partition coefficient (Wildman–Crippen LogP) is 1.85. The van der Waals surface area contributed by atoms with Crippen LogP contribution in [0.15, 0.2) is 30.3 Å². The van der Waals surface area contributed by atoms with Crippen LogP contribution in [0.2, 0.25) is 0 Å². The average Bonchev–Trinajstić information content (AvgIpc) is 3.02. The summed E-state index contributed by atoms with van der Waals surface area (Å²) < 4.78 is 0. The monoisotopic (exact) mass is 305 g/mol. The largest absolute Gasteiger partial charge is 0.392 e. The second kappa shape index (κ2) is 8.15. The minimum Gasteiger partial charge on any atom is -0.392 e. The van der Waals surface area contributed by atoms with Crippen LogP contribution in [-0.4, -0.2) is 60.3 Å². The molecule has 1 fully saturated rings. The number of hydrogen-bond donors (Lipinski definition) is 2. The number of amides is 2. The van der Waals surface area contributed by atoms with E-state index >= 15 is 0 Å². The van der Waals surface area contributed by atoms with E-state index in [1.54, 1.807) is 14.0 Å². The minimum atomic E-state index is -0.515. The van der Waals surface area contributed by atoms with E-state index in [-0.39, 0.29) is 12.1 Å². The van der Waals surface area contributed by atoms with Crippen LogP contribution in [0.5, 0.6) is 0 Å². The zero-order valence-corrected chi connectivity index (χ0v) is 13.5. The summed E-state index contributed by atoms with van der Waals surface area (Å²) in [7, 11) is 1.70. The molecule has 0 aromatic heterocycles. The van der Waals surface area contributed by atoms with Crippen LogP contribution >= 0.6 is 0 Å². The van der Waals surface area contributed by atoms with Gasteiger partial charge < -0.3 is 15.3 Å². The van der Waals surface area contributed by atoms with Gasteiger partial charge in [-0.25, -0.2) is 4.79 Å². The fraction of sp³-hybridized carbons (Fsp3) is 0.588. The molecule has 1 saturated heterocycles. The summed E-state index contributed by atoms with van der Waals surface area (Å²) in [4.78, 5) is 16.1. The molecule has 1 aliphatic rings. The summed E-state index contributed by atoms with van der Waals surface area (Å²) in [6, 6.07) is 10.4. The number of likely N-dealkylation sites (N-methyl/N-ethyl adjacent to an activating group) is 1. The number of likely N-dealkylation sites (tertiary alicyclic amines) is 1. The summed E-state index contributed by atoms with van der Waals surface area (Å²) >= 11 is 0. The zero-order chi connectivity index (χ0) is 15.9. The smallest absolute Gasteiger partial charge is 0.317 e. The van der Waals surface area contributed by atoms with Crippen molar-refractivity contribution >= 4 is 6.03 Å². The zero-order valence-electron chi connectivity index (χ0n) is 13.5. The third-order valence-electron chi connectivity index (χ3n) is 4.10. The lowest BCUT2D eigenvalue weighted by Crippen LogP contribution is -2.44. The van der Waals surface area contributed by atoms with Crippen molar-refractivity contribution in [3.63, 3.8) is 0 Å². The van der Waals surface area contributed by atoms with E-state index in [0.717, 1.165) is 13.1 Å². The van der Waals surface area contributed by atoms with Crippen LogP contribution in [0.1, 0.15) is 31.4 Å². The molecule has 22 heavy (non-hydrogen) atoms. The molecule has 1 heterocycles. The lowest BCUT2D eigenvalue weighted by molar-refractivity contribution is 0.142. The van der Waals surface area contributed by atoms with Crippen molar-refractivity contribution in [2.24, 2.45) is 0 Å². The summed E-state index contributed by atoms with van der Waals surface area (Å²) in [6.07, 6.45) is 1.93. The van der Waals surface area contributed by atoms with Crippen molar-refractivity contribution in [2.75, 3.05) is 33.2 Å². The number of urea groups is 1. The maximum Gasteiger partial charge on any atom is 0.317 e. The number of rotatable bonds is 6. The van der Waals surface area contributed by atoms with E-state index in [9.17, 15) is 9.90 Å². The molecule has 1 aromatic carbocycles. The lowest BCUT2D eigenvalue weighted by Gasteiger charge is -2.29. The molecule has 5 heteroatoms. The molecule has 2 atom stereocenters. The van der Waals surface area contributed by atoms with Gasteiger partial charge in [-0.15, -0.1) is 0 Å². The number of benzene rings is 1. The third-order valence-corrected chi connectivity index (χ3v) is 4.10. The topological polar surface area (TPSA) is 55.8 Å². The first-order valence-corrected chi connectivity index (χ1v) is 8.04. The van der Waals surface area contributed by atoms with Gasteiger partial charge in [-0.05, 0) is 38.4 Å². The number of hydrogen-bond acceptors (Lipinski definition) is 3. The highest BCUT2D eigenvalue weighted by Crippen LogP contribution is 2.24. The van der Waals surface area contributed by atoms with Crippen molar-refractivity contribution < 1.29 is 9.90 Å². The van der Waals surface area contributed by atoms with Crippen molar-refractivity contribution in [3.8, 4) is 0 Å². The first kappa shape index (κ1) is 16.8. The molecule has 5 nitrogen and oxygen atoms in total. The number of aliphatic hydroxyl groups is 1. The standard InChI is InChI=1S/C17H27N3O2/c1-14(21)13-19(2)17(22)18-12-16(20-10-6-7-11-20)15-8-4-3-5-9-15/h3-5,8-9,14,16,21H,6-7,10-13H2,1-2H3,(H,18,22). The Bertz CT molecular complexity index is 458. The van der Waals surface area contributed by atoms with E-state index in [4.69, 9.17) is 0 Å². The summed E-state index contributed by atoms with van der Waals surface area (Å²) in [5.74, 6) is 0. The van der Waals surface area contributed by atoms with E-state index in [2.05, 4.69) is 22.3 Å². The number of nitrogens with zero attached hydrogens (tertiary/aromatic N) is 2. The highest BCUT2D eigenvalue weighted by atomic mass is 16.3. The van der Waals surface area contributed by atoms with Crippen LogP contribution < -0.4 is 5.32 Å². The highest BCUT2D eigenvalue weighted by molar-refractivity contribution is 5.73. The van der Waals surface area contributed by atoms with Crippen molar-refractivity contribution in [1.29, 1.82) is 0 Å². The second-order valence-electron chi connectivity index (χ2n) is 6.09. The van der Waals surface area contributed by atoms with Crippen LogP contribution in [0.25, 0.3) is 0 Å². The van der Waals surface area contributed by atoms with Crippen molar-refractivity contribution in [3.05, 3.63) is 35.9 Å². The molecule has 2 rings (SSSR count). The Balaban J connectivity index is 1.97. The lowest BCUT2D eigenvalue weighted by atomic mass is 10.1. The Labute approximate surface area is 132 Å². The summed E-state index contributed by atoms with van der Waals surface area (Å²) in [5.41, 5.74) is 1.24. The van der Waals surface area contributed by atoms with Crippen LogP contribution in [0, 0.1) is 0 Å². The molecule has 122 valence electrons. The number of carbonyl (C=O) groups excluding carboxylic acids is 1. The first-order chi connectivity index (χ1) is 10.6. The molecule has 1 aliphatic heterocycles. The number of nitrogens with one attached hydrogen (secondary N) is 1. The molecular weight excluding hydrogens is 278 g/mol. The minimum absolute atomic E-state index is 0.138. The van der Waals surface area contributed by atoms with Gasteiger partial charge in [0.2, 0.25) is 0 Å². The normalized spacial score (nSPS) is 18.0. The maximum absolute atomic E-state index is 12.1. The van der Waals surface area contributed by atoms with Gasteiger partial charge in [0.1, 0.15) is 0 Å². The Hall–Kier alpha value is -1.59. The Morgan fingerprint density at radius 1 is 1.32 bits per heavy atom. The highest BCUT2D eigenvalue weighted by Gasteiger charge is 2.24.